The lowest BCUT2D eigenvalue weighted by Crippen LogP contribution is -2.39. The molecule has 1 aromatic rings. The van der Waals surface area contributed by atoms with Gasteiger partial charge < -0.3 is 10.4 Å². The van der Waals surface area contributed by atoms with E-state index >= 15 is 0 Å². The number of carboxylic acid groups (broad SMARTS) is 1. The van der Waals surface area contributed by atoms with Crippen LogP contribution in [-0.4, -0.2) is 17.1 Å². The molecule has 0 spiro atoms. The molecule has 1 fully saturated rings. The highest BCUT2D eigenvalue weighted by Crippen LogP contribution is 2.30. The normalized spacial score (nSPS) is 22.4. The molecule has 1 aliphatic rings. The first kappa shape index (κ1) is 11.4. The molecule has 5 heteroatoms. The molecule has 0 heterocycles. The zero-order valence-corrected chi connectivity index (χ0v) is 8.98. The second kappa shape index (κ2) is 4.42. The Labute approximate surface area is 97.7 Å². The van der Waals surface area contributed by atoms with E-state index < -0.39 is 11.8 Å². The number of hydrogen-bond acceptors (Lipinski definition) is 3. The number of rotatable bonds is 3. The molecule has 2 N–H and O–H groups in total. The maximum Gasteiger partial charge on any atom is 0.306 e. The minimum atomic E-state index is -0.792. The zero-order chi connectivity index (χ0) is 12.4. The molecule has 1 aliphatic carbocycles. The standard InChI is InChI=1S/C12H11FN2O2/c13-9-1-7(6-14)2-10(5-9)15-11-3-8(4-11)12(16)17/h1-2,5,8,11,15H,3-4H2,(H,16,17). The van der Waals surface area contributed by atoms with Crippen LogP contribution in [-0.2, 0) is 4.79 Å². The van der Waals surface area contributed by atoms with Gasteiger partial charge in [-0.2, -0.15) is 5.26 Å². The van der Waals surface area contributed by atoms with Crippen molar-refractivity contribution in [2.75, 3.05) is 5.32 Å². The minimum Gasteiger partial charge on any atom is -0.481 e. The summed E-state index contributed by atoms with van der Waals surface area (Å²) >= 11 is 0. The van der Waals surface area contributed by atoms with Crippen molar-refractivity contribution in [2.24, 2.45) is 5.92 Å². The van der Waals surface area contributed by atoms with E-state index in [-0.39, 0.29) is 17.5 Å². The second-order valence-corrected chi connectivity index (χ2v) is 4.19. The van der Waals surface area contributed by atoms with Gasteiger partial charge in [-0.05, 0) is 31.0 Å². The second-order valence-electron chi connectivity index (χ2n) is 4.19. The molecule has 1 saturated carbocycles. The van der Waals surface area contributed by atoms with Crippen molar-refractivity contribution in [3.63, 3.8) is 0 Å². The first-order valence-corrected chi connectivity index (χ1v) is 5.28. The van der Waals surface area contributed by atoms with Gasteiger partial charge in [0, 0.05) is 11.7 Å². The summed E-state index contributed by atoms with van der Waals surface area (Å²) in [5.41, 5.74) is 0.775. The zero-order valence-electron chi connectivity index (χ0n) is 8.98. The highest BCUT2D eigenvalue weighted by molar-refractivity contribution is 5.71. The number of nitrogens with one attached hydrogen (secondary N) is 1. The molecular formula is C12H11FN2O2. The van der Waals surface area contributed by atoms with Crippen molar-refractivity contribution in [2.45, 2.75) is 18.9 Å². The molecule has 0 aromatic heterocycles. The summed E-state index contributed by atoms with van der Waals surface area (Å²) in [5.74, 6) is -1.57. The first-order chi connectivity index (χ1) is 8.08. The van der Waals surface area contributed by atoms with Crippen LogP contribution in [0.3, 0.4) is 0 Å². The van der Waals surface area contributed by atoms with Gasteiger partial charge in [-0.3, -0.25) is 4.79 Å². The van der Waals surface area contributed by atoms with E-state index in [0.717, 1.165) is 6.07 Å². The third kappa shape index (κ3) is 2.53. The molecule has 0 unspecified atom stereocenters. The molecule has 0 saturated heterocycles. The predicted molar refractivity (Wildman–Crippen MR) is 58.9 cm³/mol. The summed E-state index contributed by atoms with van der Waals surface area (Å²) in [6.07, 6.45) is 1.07. The van der Waals surface area contributed by atoms with E-state index in [1.165, 1.54) is 6.07 Å². The SMILES string of the molecule is N#Cc1cc(F)cc(NC2CC(C(=O)O)C2)c1. The Balaban J connectivity index is 1.99. The van der Waals surface area contributed by atoms with Crippen LogP contribution in [0, 0.1) is 23.1 Å². The van der Waals surface area contributed by atoms with Crippen molar-refractivity contribution < 1.29 is 14.3 Å². The Morgan fingerprint density at radius 2 is 2.18 bits per heavy atom. The summed E-state index contributed by atoms with van der Waals surface area (Å²) in [5, 5.41) is 20.4. The van der Waals surface area contributed by atoms with Crippen LogP contribution in [0.5, 0.6) is 0 Å². The van der Waals surface area contributed by atoms with Crippen LogP contribution >= 0.6 is 0 Å². The Bertz CT molecular complexity index is 490. The van der Waals surface area contributed by atoms with Gasteiger partial charge >= 0.3 is 5.97 Å². The summed E-state index contributed by atoms with van der Waals surface area (Å²) < 4.78 is 13.1. The Morgan fingerprint density at radius 3 is 2.76 bits per heavy atom. The molecule has 0 aliphatic heterocycles. The Kier molecular flexibility index (Phi) is 2.96. The number of nitriles is 1. The van der Waals surface area contributed by atoms with Crippen LogP contribution in [0.15, 0.2) is 18.2 Å². The molecule has 0 amide bonds. The number of anilines is 1. The van der Waals surface area contributed by atoms with E-state index in [9.17, 15) is 9.18 Å². The first-order valence-electron chi connectivity index (χ1n) is 5.28. The Hall–Kier alpha value is -2.09. The highest BCUT2D eigenvalue weighted by atomic mass is 19.1. The van der Waals surface area contributed by atoms with Crippen molar-refractivity contribution >= 4 is 11.7 Å². The molecule has 2 rings (SSSR count). The van der Waals surface area contributed by atoms with E-state index in [1.54, 1.807) is 6.07 Å². The van der Waals surface area contributed by atoms with Crippen molar-refractivity contribution in [3.8, 4) is 6.07 Å². The lowest BCUT2D eigenvalue weighted by atomic mass is 9.80. The van der Waals surface area contributed by atoms with Gasteiger partial charge in [-0.25, -0.2) is 4.39 Å². The summed E-state index contributed by atoms with van der Waals surface area (Å²) in [6, 6.07) is 5.93. The molecule has 17 heavy (non-hydrogen) atoms. The third-order valence-corrected chi connectivity index (χ3v) is 2.88. The van der Waals surface area contributed by atoms with Gasteiger partial charge in [0.15, 0.2) is 0 Å². The van der Waals surface area contributed by atoms with Crippen molar-refractivity contribution in [1.29, 1.82) is 5.26 Å². The van der Waals surface area contributed by atoms with Gasteiger partial charge in [0.2, 0.25) is 0 Å². The molecule has 0 atom stereocenters. The quantitative estimate of drug-likeness (QED) is 0.838. The van der Waals surface area contributed by atoms with Crippen LogP contribution in [0.25, 0.3) is 0 Å². The summed E-state index contributed by atoms with van der Waals surface area (Å²) in [7, 11) is 0. The maximum atomic E-state index is 13.1. The summed E-state index contributed by atoms with van der Waals surface area (Å²) in [4.78, 5) is 10.6. The van der Waals surface area contributed by atoms with Gasteiger partial charge in [-0.15, -0.1) is 0 Å². The topological polar surface area (TPSA) is 73.1 Å². The monoisotopic (exact) mass is 234 g/mol. The smallest absolute Gasteiger partial charge is 0.306 e. The lowest BCUT2D eigenvalue weighted by Gasteiger charge is -2.33. The molecule has 1 aromatic carbocycles. The van der Waals surface area contributed by atoms with Gasteiger partial charge in [0.1, 0.15) is 5.82 Å². The van der Waals surface area contributed by atoms with Crippen LogP contribution in [0.4, 0.5) is 10.1 Å². The fourth-order valence-corrected chi connectivity index (χ4v) is 1.91. The molecule has 0 bridgehead atoms. The predicted octanol–water partition coefficient (Wildman–Crippen LogP) is 1.97. The van der Waals surface area contributed by atoms with Crippen LogP contribution in [0.2, 0.25) is 0 Å². The van der Waals surface area contributed by atoms with Gasteiger partial charge in [0.25, 0.3) is 0 Å². The average Bonchev–Trinajstić information content (AvgIpc) is 2.21. The number of benzene rings is 1. The number of carboxylic acids is 1. The van der Waals surface area contributed by atoms with E-state index in [1.807, 2.05) is 6.07 Å². The van der Waals surface area contributed by atoms with Gasteiger partial charge in [-0.1, -0.05) is 0 Å². The highest BCUT2D eigenvalue weighted by Gasteiger charge is 2.34. The average molecular weight is 234 g/mol. The number of halogens is 1. The van der Waals surface area contributed by atoms with Crippen LogP contribution in [0.1, 0.15) is 18.4 Å². The number of hydrogen-bond donors (Lipinski definition) is 2. The maximum absolute atomic E-state index is 13.1. The fourth-order valence-electron chi connectivity index (χ4n) is 1.91. The Morgan fingerprint density at radius 1 is 1.47 bits per heavy atom. The van der Waals surface area contributed by atoms with Crippen molar-refractivity contribution in [3.05, 3.63) is 29.6 Å². The van der Waals surface area contributed by atoms with E-state index in [4.69, 9.17) is 10.4 Å². The van der Waals surface area contributed by atoms with Crippen LogP contribution < -0.4 is 5.32 Å². The van der Waals surface area contributed by atoms with E-state index in [0.29, 0.717) is 18.5 Å². The van der Waals surface area contributed by atoms with Crippen molar-refractivity contribution in [1.82, 2.24) is 0 Å². The molecule has 0 radical (unpaired) electrons. The molecule has 88 valence electrons. The van der Waals surface area contributed by atoms with E-state index in [2.05, 4.69) is 5.32 Å². The molecule has 4 nitrogen and oxygen atoms in total. The van der Waals surface area contributed by atoms with Gasteiger partial charge in [0.05, 0.1) is 17.6 Å². The number of nitrogens with zero attached hydrogens (tertiary/aromatic N) is 1. The lowest BCUT2D eigenvalue weighted by molar-refractivity contribution is -0.144. The third-order valence-electron chi connectivity index (χ3n) is 2.88. The fraction of sp³-hybridized carbons (Fsp3) is 0.333. The summed E-state index contributed by atoms with van der Waals surface area (Å²) in [6.45, 7) is 0. The number of aliphatic carboxylic acids is 1. The largest absolute Gasteiger partial charge is 0.481 e. The number of carbonyl (C=O) groups is 1. The molecular weight excluding hydrogens is 223 g/mol. The minimum absolute atomic E-state index is 0.0458.